The van der Waals surface area contributed by atoms with Crippen LogP contribution in [0.1, 0.15) is 11.1 Å². The minimum atomic E-state index is 0.610. The summed E-state index contributed by atoms with van der Waals surface area (Å²) in [4.78, 5) is 4.48. The van der Waals surface area contributed by atoms with E-state index in [-0.39, 0.29) is 0 Å². The third-order valence-corrected chi connectivity index (χ3v) is 3.55. The van der Waals surface area contributed by atoms with E-state index in [4.69, 9.17) is 0 Å². The maximum absolute atomic E-state index is 9.38. The molecule has 0 aliphatic rings. The van der Waals surface area contributed by atoms with Gasteiger partial charge in [0.15, 0.2) is 0 Å². The van der Waals surface area contributed by atoms with Gasteiger partial charge in [-0.15, -0.1) is 0 Å². The van der Waals surface area contributed by atoms with Crippen LogP contribution in [0.5, 0.6) is 0 Å². The number of benzene rings is 2. The van der Waals surface area contributed by atoms with Gasteiger partial charge in [-0.25, -0.2) is 0 Å². The second-order valence-corrected chi connectivity index (χ2v) is 4.86. The molecule has 2 aromatic carbocycles. The van der Waals surface area contributed by atoms with Gasteiger partial charge in [-0.2, -0.15) is 5.26 Å². The fourth-order valence-electron chi connectivity index (χ4n) is 2.56. The SMILES string of the molecule is Cc1c(-c2ccccc2)ncc(C#N)c1-c1ccccc1. The van der Waals surface area contributed by atoms with Gasteiger partial charge in [-0.05, 0) is 18.1 Å². The molecule has 0 saturated heterocycles. The minimum Gasteiger partial charge on any atom is -0.255 e. The van der Waals surface area contributed by atoms with E-state index in [1.807, 2.05) is 67.6 Å². The molecule has 3 aromatic rings. The molecule has 1 aromatic heterocycles. The Bertz CT molecular complexity index is 800. The Morgan fingerprint density at radius 2 is 1.43 bits per heavy atom. The molecule has 0 atom stereocenters. The van der Waals surface area contributed by atoms with Crippen LogP contribution >= 0.6 is 0 Å². The third kappa shape index (κ3) is 2.42. The number of nitrogens with zero attached hydrogens (tertiary/aromatic N) is 2. The topological polar surface area (TPSA) is 36.7 Å². The van der Waals surface area contributed by atoms with Gasteiger partial charge in [-0.3, -0.25) is 4.98 Å². The molecule has 0 N–H and O–H groups in total. The fourth-order valence-corrected chi connectivity index (χ4v) is 2.56. The van der Waals surface area contributed by atoms with E-state index >= 15 is 0 Å². The Morgan fingerprint density at radius 1 is 0.857 bits per heavy atom. The summed E-state index contributed by atoms with van der Waals surface area (Å²) in [5.41, 5.74) is 5.65. The molecule has 0 amide bonds. The predicted octanol–water partition coefficient (Wildman–Crippen LogP) is 4.60. The van der Waals surface area contributed by atoms with Gasteiger partial charge in [-0.1, -0.05) is 60.7 Å². The zero-order valence-corrected chi connectivity index (χ0v) is 11.7. The number of pyridine rings is 1. The van der Waals surface area contributed by atoms with E-state index in [2.05, 4.69) is 11.1 Å². The molecule has 0 aliphatic carbocycles. The number of aromatic nitrogens is 1. The molecule has 0 bridgehead atoms. The number of nitriles is 1. The normalized spacial score (nSPS) is 10.1. The maximum Gasteiger partial charge on any atom is 0.101 e. The average Bonchev–Trinajstić information content (AvgIpc) is 2.56. The summed E-state index contributed by atoms with van der Waals surface area (Å²) in [7, 11) is 0. The highest BCUT2D eigenvalue weighted by Crippen LogP contribution is 2.32. The van der Waals surface area contributed by atoms with Crippen molar-refractivity contribution in [3.63, 3.8) is 0 Å². The van der Waals surface area contributed by atoms with Crippen LogP contribution in [0, 0.1) is 18.3 Å². The average molecular weight is 270 g/mol. The van der Waals surface area contributed by atoms with E-state index in [0.29, 0.717) is 5.56 Å². The van der Waals surface area contributed by atoms with E-state index in [9.17, 15) is 5.26 Å². The molecule has 0 radical (unpaired) electrons. The monoisotopic (exact) mass is 270 g/mol. The van der Waals surface area contributed by atoms with Crippen molar-refractivity contribution in [1.82, 2.24) is 4.98 Å². The smallest absolute Gasteiger partial charge is 0.101 e. The first-order valence-corrected chi connectivity index (χ1v) is 6.82. The van der Waals surface area contributed by atoms with Crippen LogP contribution in [-0.4, -0.2) is 4.98 Å². The van der Waals surface area contributed by atoms with Crippen molar-refractivity contribution in [3.05, 3.63) is 78.0 Å². The van der Waals surface area contributed by atoms with Crippen LogP contribution in [0.4, 0.5) is 0 Å². The Balaban J connectivity index is 2.26. The van der Waals surface area contributed by atoms with Gasteiger partial charge in [0.25, 0.3) is 0 Å². The Hall–Kier alpha value is -2.92. The summed E-state index contributed by atoms with van der Waals surface area (Å²) >= 11 is 0. The molecule has 0 aliphatic heterocycles. The van der Waals surface area contributed by atoms with Crippen molar-refractivity contribution >= 4 is 0 Å². The molecule has 0 spiro atoms. The highest BCUT2D eigenvalue weighted by Gasteiger charge is 2.14. The summed E-state index contributed by atoms with van der Waals surface area (Å²) in [6.07, 6.45) is 1.66. The highest BCUT2D eigenvalue weighted by molar-refractivity contribution is 5.79. The fraction of sp³-hybridized carbons (Fsp3) is 0.0526. The lowest BCUT2D eigenvalue weighted by molar-refractivity contribution is 1.25. The predicted molar refractivity (Wildman–Crippen MR) is 84.6 cm³/mol. The molecular weight excluding hydrogens is 256 g/mol. The molecule has 21 heavy (non-hydrogen) atoms. The summed E-state index contributed by atoms with van der Waals surface area (Å²) < 4.78 is 0. The van der Waals surface area contributed by atoms with Gasteiger partial charge >= 0.3 is 0 Å². The van der Waals surface area contributed by atoms with Crippen molar-refractivity contribution in [1.29, 1.82) is 5.26 Å². The van der Waals surface area contributed by atoms with Gasteiger partial charge in [0.05, 0.1) is 11.3 Å². The lowest BCUT2D eigenvalue weighted by atomic mass is 9.94. The first-order chi connectivity index (χ1) is 10.3. The van der Waals surface area contributed by atoms with Gasteiger partial charge in [0.1, 0.15) is 6.07 Å². The van der Waals surface area contributed by atoms with Gasteiger partial charge in [0, 0.05) is 17.3 Å². The van der Waals surface area contributed by atoms with Crippen molar-refractivity contribution in [2.75, 3.05) is 0 Å². The van der Waals surface area contributed by atoms with Gasteiger partial charge < -0.3 is 0 Å². The van der Waals surface area contributed by atoms with E-state index in [1.54, 1.807) is 6.20 Å². The van der Waals surface area contributed by atoms with Gasteiger partial charge in [0.2, 0.25) is 0 Å². The highest BCUT2D eigenvalue weighted by atomic mass is 14.7. The molecule has 2 nitrogen and oxygen atoms in total. The van der Waals surface area contributed by atoms with Crippen LogP contribution < -0.4 is 0 Å². The molecule has 0 saturated carbocycles. The van der Waals surface area contributed by atoms with E-state index in [1.165, 1.54) is 0 Å². The molecule has 100 valence electrons. The minimum absolute atomic E-state index is 0.610. The van der Waals surface area contributed by atoms with E-state index in [0.717, 1.165) is 27.9 Å². The molecule has 2 heteroatoms. The molecule has 0 fully saturated rings. The molecule has 3 rings (SSSR count). The number of hydrogen-bond donors (Lipinski definition) is 0. The lowest BCUT2D eigenvalue weighted by Crippen LogP contribution is -1.96. The Labute approximate surface area is 124 Å². The first kappa shape index (κ1) is 13.1. The lowest BCUT2D eigenvalue weighted by Gasteiger charge is -2.12. The zero-order chi connectivity index (χ0) is 14.7. The number of rotatable bonds is 2. The van der Waals surface area contributed by atoms with Crippen molar-refractivity contribution in [3.8, 4) is 28.5 Å². The van der Waals surface area contributed by atoms with Crippen LogP contribution in [0.3, 0.4) is 0 Å². The summed E-state index contributed by atoms with van der Waals surface area (Å²) in [5.74, 6) is 0. The molecule has 1 heterocycles. The van der Waals surface area contributed by atoms with Crippen LogP contribution in [0.2, 0.25) is 0 Å². The molecule has 0 unspecified atom stereocenters. The first-order valence-electron chi connectivity index (χ1n) is 6.82. The summed E-state index contributed by atoms with van der Waals surface area (Å²) in [6, 6.07) is 22.3. The zero-order valence-electron chi connectivity index (χ0n) is 11.7. The standard InChI is InChI=1S/C19H14N2/c1-14-18(15-8-4-2-5-9-15)17(12-20)13-21-19(14)16-10-6-3-7-11-16/h2-11,13H,1H3. The van der Waals surface area contributed by atoms with Crippen molar-refractivity contribution in [2.45, 2.75) is 6.92 Å². The van der Waals surface area contributed by atoms with Crippen LogP contribution in [0.15, 0.2) is 66.9 Å². The Kier molecular flexibility index (Phi) is 3.49. The Morgan fingerprint density at radius 3 is 2.00 bits per heavy atom. The largest absolute Gasteiger partial charge is 0.255 e. The second kappa shape index (κ2) is 5.60. The number of hydrogen-bond acceptors (Lipinski definition) is 2. The van der Waals surface area contributed by atoms with Crippen LogP contribution in [0.25, 0.3) is 22.4 Å². The quantitative estimate of drug-likeness (QED) is 0.682. The van der Waals surface area contributed by atoms with E-state index < -0.39 is 0 Å². The third-order valence-electron chi connectivity index (χ3n) is 3.55. The molecular formula is C19H14N2. The summed E-state index contributed by atoms with van der Waals surface area (Å²) in [6.45, 7) is 2.03. The summed E-state index contributed by atoms with van der Waals surface area (Å²) in [5, 5.41) is 9.38. The van der Waals surface area contributed by atoms with Crippen molar-refractivity contribution in [2.24, 2.45) is 0 Å². The maximum atomic E-state index is 9.38. The van der Waals surface area contributed by atoms with Crippen molar-refractivity contribution < 1.29 is 0 Å². The second-order valence-electron chi connectivity index (χ2n) is 4.86. The van der Waals surface area contributed by atoms with Crippen LogP contribution in [-0.2, 0) is 0 Å².